The molecule has 7 nitrogen and oxygen atoms in total. The molecule has 8 rings (SSSR count). The van der Waals surface area contributed by atoms with Crippen LogP contribution in [-0.2, 0) is 30.3 Å². The van der Waals surface area contributed by atoms with E-state index in [1.807, 2.05) is 19.1 Å². The quantitative estimate of drug-likeness (QED) is 0.137. The van der Waals surface area contributed by atoms with Crippen LogP contribution in [0.1, 0.15) is 40.8 Å². The summed E-state index contributed by atoms with van der Waals surface area (Å²) in [5.74, 6) is -5.10. The van der Waals surface area contributed by atoms with Gasteiger partial charge >= 0.3 is 24.3 Å². The average molecular weight is 893 g/mol. The number of rotatable bonds is 7. The van der Waals surface area contributed by atoms with Gasteiger partial charge in [0.05, 0.1) is 10.0 Å². The van der Waals surface area contributed by atoms with Crippen LogP contribution in [0.2, 0.25) is 10.0 Å². The number of ether oxygens (including phenoxy) is 2. The molecule has 0 saturated carbocycles. The molecule has 0 saturated heterocycles. The van der Waals surface area contributed by atoms with Crippen LogP contribution in [0.4, 0.5) is 35.1 Å². The summed E-state index contributed by atoms with van der Waals surface area (Å²) in [4.78, 5) is 21.6. The molecular weight excluding hydrogens is 861 g/mol. The minimum absolute atomic E-state index is 0.0172. The summed E-state index contributed by atoms with van der Waals surface area (Å²) in [5.41, 5.74) is -0.615. The number of hydrogen-bond acceptors (Lipinski definition) is 5. The highest BCUT2D eigenvalue weighted by Crippen LogP contribution is 2.60. The van der Waals surface area contributed by atoms with Crippen LogP contribution in [0.5, 0.6) is 0 Å². The lowest BCUT2D eigenvalue weighted by atomic mass is 9.90. The number of fused-ring (bicyclic) bond motifs is 7. The molecule has 2 aliphatic rings. The van der Waals surface area contributed by atoms with Crippen molar-refractivity contribution >= 4 is 45.9 Å². The van der Waals surface area contributed by atoms with E-state index in [1.54, 1.807) is 0 Å². The van der Waals surface area contributed by atoms with Gasteiger partial charge in [0.2, 0.25) is 11.2 Å². The average Bonchev–Trinajstić information content (AvgIpc) is 3.64. The lowest BCUT2D eigenvalue weighted by molar-refractivity contribution is -0.265. The predicted octanol–water partition coefficient (Wildman–Crippen LogP) is 11.6. The van der Waals surface area contributed by atoms with Gasteiger partial charge in [0.15, 0.2) is 0 Å². The Morgan fingerprint density at radius 3 is 1.43 bits per heavy atom. The number of aliphatic carboxylic acids is 2. The van der Waals surface area contributed by atoms with Crippen LogP contribution in [-0.4, -0.2) is 47.7 Å². The molecule has 0 amide bonds. The summed E-state index contributed by atoms with van der Waals surface area (Å²) < 4.78 is 121. The molecule has 0 aliphatic heterocycles. The molecule has 6 aromatic carbocycles. The third kappa shape index (κ3) is 8.15. The Kier molecular flexibility index (Phi) is 12.6. The number of halogens is 10. The van der Waals surface area contributed by atoms with Crippen LogP contribution in [0.3, 0.4) is 0 Å². The smallest absolute Gasteiger partial charge is 0.426 e. The van der Waals surface area contributed by atoms with Crippen molar-refractivity contribution in [1.29, 1.82) is 0 Å². The van der Waals surface area contributed by atoms with E-state index in [2.05, 4.69) is 30.3 Å². The maximum absolute atomic E-state index is 14.0. The SMILES string of the molecule is C[C@@H](N)c1cccc2ccccc12.O=C(O)CO[C@]1(C(F)(F)F)c2ccccc2-c2c(Cl)cc(F)cc21.O=C(O)CO[C@]1(C(F)(F)F)c2ccccc2-c2c(Cl)cc(F)cc21. The zero-order chi connectivity index (χ0) is 44.7. The normalized spacial score (nSPS) is 17.8. The zero-order valence-electron chi connectivity index (χ0n) is 31.3. The van der Waals surface area contributed by atoms with Crippen molar-refractivity contribution in [3.63, 3.8) is 0 Å². The molecule has 3 atom stereocenters. The fourth-order valence-electron chi connectivity index (χ4n) is 7.63. The summed E-state index contributed by atoms with van der Waals surface area (Å²) in [6, 6.07) is 28.7. The molecule has 0 aromatic heterocycles. The van der Waals surface area contributed by atoms with Gasteiger partial charge in [0.25, 0.3) is 0 Å². The van der Waals surface area contributed by atoms with E-state index in [1.165, 1.54) is 64.9 Å². The lowest BCUT2D eigenvalue weighted by Gasteiger charge is -2.33. The van der Waals surface area contributed by atoms with Crippen molar-refractivity contribution in [3.8, 4) is 22.3 Å². The molecule has 0 radical (unpaired) electrons. The van der Waals surface area contributed by atoms with Crippen LogP contribution in [0.25, 0.3) is 33.0 Å². The topological polar surface area (TPSA) is 119 Å². The number of alkyl halides is 6. The predicted molar refractivity (Wildman–Crippen MR) is 211 cm³/mol. The highest BCUT2D eigenvalue weighted by atomic mass is 35.5. The zero-order valence-corrected chi connectivity index (χ0v) is 32.9. The number of benzene rings is 6. The number of carboxylic acids is 2. The van der Waals surface area contributed by atoms with Crippen LogP contribution < -0.4 is 5.73 Å². The molecule has 0 bridgehead atoms. The monoisotopic (exact) mass is 891 g/mol. The van der Waals surface area contributed by atoms with Gasteiger partial charge in [-0.25, -0.2) is 18.4 Å². The van der Waals surface area contributed by atoms with Crippen molar-refractivity contribution in [3.05, 3.63) is 165 Å². The van der Waals surface area contributed by atoms with Crippen LogP contribution in [0, 0.1) is 11.6 Å². The van der Waals surface area contributed by atoms with Gasteiger partial charge < -0.3 is 25.4 Å². The van der Waals surface area contributed by atoms with Gasteiger partial charge in [-0.3, -0.25) is 0 Å². The van der Waals surface area contributed by atoms with Gasteiger partial charge in [-0.1, -0.05) is 114 Å². The Balaban J connectivity index is 0.000000160. The van der Waals surface area contributed by atoms with Crippen molar-refractivity contribution < 1.29 is 64.4 Å². The molecular formula is C44H31Cl2F8NO6. The molecule has 0 unspecified atom stereocenters. The fraction of sp³-hybridized carbons (Fsp3) is 0.182. The number of carbonyl (C=O) groups is 2. The Hall–Kier alpha value is -5.58. The van der Waals surface area contributed by atoms with E-state index in [-0.39, 0.29) is 49.5 Å². The van der Waals surface area contributed by atoms with Gasteiger partial charge in [0.1, 0.15) is 24.8 Å². The molecule has 0 heterocycles. The Morgan fingerprint density at radius 2 is 1.02 bits per heavy atom. The largest absolute Gasteiger partial charge is 0.480 e. The highest BCUT2D eigenvalue weighted by molar-refractivity contribution is 6.34. The van der Waals surface area contributed by atoms with Gasteiger partial charge in [0, 0.05) is 39.4 Å². The molecule has 4 N–H and O–H groups in total. The lowest BCUT2D eigenvalue weighted by Crippen LogP contribution is -2.45. The molecule has 0 spiro atoms. The van der Waals surface area contributed by atoms with Gasteiger partial charge in [-0.05, 0) is 58.7 Å². The summed E-state index contributed by atoms with van der Waals surface area (Å²) >= 11 is 11.9. The molecule has 61 heavy (non-hydrogen) atoms. The second-order valence-corrected chi connectivity index (χ2v) is 14.6. The van der Waals surface area contributed by atoms with E-state index >= 15 is 0 Å². The van der Waals surface area contributed by atoms with Crippen molar-refractivity contribution in [2.45, 2.75) is 36.5 Å². The molecule has 6 aromatic rings. The van der Waals surface area contributed by atoms with Gasteiger partial charge in [-0.2, -0.15) is 26.3 Å². The van der Waals surface area contributed by atoms with E-state index in [0.717, 1.165) is 12.1 Å². The minimum Gasteiger partial charge on any atom is -0.480 e. The maximum Gasteiger partial charge on any atom is 0.426 e. The van der Waals surface area contributed by atoms with E-state index in [9.17, 15) is 44.7 Å². The fourth-order valence-corrected chi connectivity index (χ4v) is 8.25. The third-order valence-electron chi connectivity index (χ3n) is 9.96. The molecule has 17 heteroatoms. The van der Waals surface area contributed by atoms with Crippen molar-refractivity contribution in [1.82, 2.24) is 0 Å². The molecule has 318 valence electrons. The molecule has 2 aliphatic carbocycles. The second-order valence-electron chi connectivity index (χ2n) is 13.8. The summed E-state index contributed by atoms with van der Waals surface area (Å²) in [6.07, 6.45) is -10.1. The standard InChI is InChI=1S/2C16H9ClF4O3.C12H13N/c2*17-12-6-8(18)5-11-14(12)9-3-1-2-4-10(9)15(11,16(19,20)21)24-7-13(22)23;1-9(13)11-8-4-6-10-5-2-3-7-12(10)11/h2*1-6H,7H2,(H,22,23);2-9H,13H2,1H3/t2*15-;9-/m111/s1. The third-order valence-corrected chi connectivity index (χ3v) is 10.6. The number of nitrogens with two attached hydrogens (primary N) is 1. The van der Waals surface area contributed by atoms with Gasteiger partial charge in [-0.15, -0.1) is 0 Å². The number of hydrogen-bond donors (Lipinski definition) is 3. The first kappa shape index (κ1) is 45.0. The first-order valence-electron chi connectivity index (χ1n) is 17.9. The second kappa shape index (κ2) is 17.1. The highest BCUT2D eigenvalue weighted by Gasteiger charge is 2.65. The maximum atomic E-state index is 14.0. The summed E-state index contributed by atoms with van der Waals surface area (Å²) in [5, 5.41) is 19.6. The van der Waals surface area contributed by atoms with Crippen molar-refractivity contribution in [2.75, 3.05) is 13.2 Å². The van der Waals surface area contributed by atoms with E-state index < -0.39 is 71.5 Å². The Labute approximate surface area is 351 Å². The number of carboxylic acid groups (broad SMARTS) is 2. The van der Waals surface area contributed by atoms with Crippen LogP contribution >= 0.6 is 23.2 Å². The first-order chi connectivity index (χ1) is 28.7. The van der Waals surface area contributed by atoms with Crippen LogP contribution in [0.15, 0.2) is 115 Å². The Morgan fingerprint density at radius 1 is 0.623 bits per heavy atom. The Bertz CT molecular complexity index is 2510. The van der Waals surface area contributed by atoms with E-state index in [0.29, 0.717) is 12.1 Å². The molecule has 0 fully saturated rings. The minimum atomic E-state index is -5.03. The summed E-state index contributed by atoms with van der Waals surface area (Å²) in [7, 11) is 0. The van der Waals surface area contributed by atoms with E-state index in [4.69, 9.17) is 48.6 Å². The summed E-state index contributed by atoms with van der Waals surface area (Å²) in [6.45, 7) is -0.398. The first-order valence-corrected chi connectivity index (χ1v) is 18.7. The van der Waals surface area contributed by atoms with Crippen molar-refractivity contribution in [2.24, 2.45) is 5.73 Å².